The van der Waals surface area contributed by atoms with Crippen LogP contribution in [0, 0.1) is 6.92 Å². The van der Waals surface area contributed by atoms with E-state index in [9.17, 15) is 0 Å². The zero-order valence-corrected chi connectivity index (χ0v) is 12.5. The summed E-state index contributed by atoms with van der Waals surface area (Å²) >= 11 is 17.2. The molecule has 0 saturated heterocycles. The number of aryl methyl sites for hydroxylation is 1. The first-order valence-electron chi connectivity index (χ1n) is 5.60. The molecule has 0 spiro atoms. The predicted octanol–water partition coefficient (Wildman–Crippen LogP) is 4.68. The summed E-state index contributed by atoms with van der Waals surface area (Å²) in [6.07, 6.45) is 0. The lowest BCUT2D eigenvalue weighted by atomic mass is 10.1. The number of hydrogen-bond donors (Lipinski definition) is 2. The molecule has 0 heterocycles. The molecule has 5 heteroatoms. The monoisotopic (exact) mass is 310 g/mol. The Morgan fingerprint density at radius 1 is 1.16 bits per heavy atom. The Labute approximate surface area is 127 Å². The van der Waals surface area contributed by atoms with Crippen molar-refractivity contribution in [2.24, 2.45) is 5.73 Å². The van der Waals surface area contributed by atoms with Crippen LogP contribution < -0.4 is 11.1 Å². The SMILES string of the molecule is Cc1ccc(Nc2cccc(Cl)c2C(N)=S)cc1Cl. The van der Waals surface area contributed by atoms with Gasteiger partial charge in [0, 0.05) is 10.7 Å². The highest BCUT2D eigenvalue weighted by molar-refractivity contribution is 7.80. The van der Waals surface area contributed by atoms with E-state index in [1.165, 1.54) is 0 Å². The molecule has 98 valence electrons. The third-order valence-corrected chi connectivity index (χ3v) is 3.64. The molecule has 0 atom stereocenters. The Morgan fingerprint density at radius 2 is 1.89 bits per heavy atom. The lowest BCUT2D eigenvalue weighted by Crippen LogP contribution is -2.12. The first-order valence-corrected chi connectivity index (χ1v) is 6.77. The van der Waals surface area contributed by atoms with Crippen molar-refractivity contribution in [3.05, 3.63) is 57.6 Å². The van der Waals surface area contributed by atoms with Gasteiger partial charge in [0.2, 0.25) is 0 Å². The van der Waals surface area contributed by atoms with E-state index >= 15 is 0 Å². The van der Waals surface area contributed by atoms with Crippen LogP contribution in [0.15, 0.2) is 36.4 Å². The van der Waals surface area contributed by atoms with Crippen LogP contribution in [-0.2, 0) is 0 Å². The van der Waals surface area contributed by atoms with Crippen molar-refractivity contribution < 1.29 is 0 Å². The zero-order chi connectivity index (χ0) is 14.0. The molecular formula is C14H12Cl2N2S. The maximum absolute atomic E-state index is 6.11. The number of hydrogen-bond acceptors (Lipinski definition) is 2. The van der Waals surface area contributed by atoms with Crippen LogP contribution in [-0.4, -0.2) is 4.99 Å². The second-order valence-corrected chi connectivity index (χ2v) is 5.37. The van der Waals surface area contributed by atoms with Crippen molar-refractivity contribution in [1.29, 1.82) is 0 Å². The molecule has 0 aliphatic rings. The highest BCUT2D eigenvalue weighted by atomic mass is 35.5. The number of halogens is 2. The van der Waals surface area contributed by atoms with Gasteiger partial charge in [-0.05, 0) is 36.8 Å². The summed E-state index contributed by atoms with van der Waals surface area (Å²) in [5.74, 6) is 0. The minimum atomic E-state index is 0.256. The first kappa shape index (κ1) is 14.1. The number of nitrogens with two attached hydrogens (primary N) is 1. The summed E-state index contributed by atoms with van der Waals surface area (Å²) in [6.45, 7) is 1.95. The predicted molar refractivity (Wildman–Crippen MR) is 86.8 cm³/mol. The van der Waals surface area contributed by atoms with Gasteiger partial charge in [0.25, 0.3) is 0 Å². The Balaban J connectivity index is 2.40. The summed E-state index contributed by atoms with van der Waals surface area (Å²) in [6, 6.07) is 11.2. The second kappa shape index (κ2) is 5.78. The van der Waals surface area contributed by atoms with Crippen molar-refractivity contribution >= 4 is 51.8 Å². The summed E-state index contributed by atoms with van der Waals surface area (Å²) in [7, 11) is 0. The molecule has 2 aromatic rings. The third kappa shape index (κ3) is 3.18. The average Bonchev–Trinajstić information content (AvgIpc) is 2.33. The molecule has 0 aliphatic carbocycles. The number of nitrogens with one attached hydrogen (secondary N) is 1. The molecule has 2 rings (SSSR count). The minimum Gasteiger partial charge on any atom is -0.389 e. The van der Waals surface area contributed by atoms with Crippen molar-refractivity contribution in [2.75, 3.05) is 5.32 Å². The van der Waals surface area contributed by atoms with E-state index in [1.54, 1.807) is 6.07 Å². The van der Waals surface area contributed by atoms with Crippen LogP contribution in [0.1, 0.15) is 11.1 Å². The van der Waals surface area contributed by atoms with Crippen LogP contribution in [0.4, 0.5) is 11.4 Å². The van der Waals surface area contributed by atoms with Crippen LogP contribution in [0.25, 0.3) is 0 Å². The molecule has 19 heavy (non-hydrogen) atoms. The highest BCUT2D eigenvalue weighted by Gasteiger charge is 2.10. The highest BCUT2D eigenvalue weighted by Crippen LogP contribution is 2.28. The minimum absolute atomic E-state index is 0.256. The molecule has 0 fully saturated rings. The summed E-state index contributed by atoms with van der Waals surface area (Å²) in [4.78, 5) is 0.256. The van der Waals surface area contributed by atoms with Crippen LogP contribution in [0.5, 0.6) is 0 Å². The van der Waals surface area contributed by atoms with E-state index in [0.29, 0.717) is 15.6 Å². The normalized spacial score (nSPS) is 10.3. The van der Waals surface area contributed by atoms with E-state index in [2.05, 4.69) is 5.32 Å². The van der Waals surface area contributed by atoms with Gasteiger partial charge in [-0.25, -0.2) is 0 Å². The molecule has 2 nitrogen and oxygen atoms in total. The summed E-state index contributed by atoms with van der Waals surface area (Å²) in [5.41, 5.74) is 8.98. The Kier molecular flexibility index (Phi) is 4.30. The van der Waals surface area contributed by atoms with Gasteiger partial charge >= 0.3 is 0 Å². The lowest BCUT2D eigenvalue weighted by Gasteiger charge is -2.13. The molecular weight excluding hydrogens is 299 g/mol. The Hall–Kier alpha value is -1.29. The van der Waals surface area contributed by atoms with E-state index in [1.807, 2.05) is 37.3 Å². The molecule has 0 amide bonds. The number of thiocarbonyl (C=S) groups is 1. The fourth-order valence-electron chi connectivity index (χ4n) is 1.70. The standard InChI is InChI=1S/C14H12Cl2N2S/c1-8-5-6-9(7-11(8)16)18-12-4-2-3-10(15)13(12)14(17)19/h2-7,18H,1H3,(H2,17,19). The van der Waals surface area contributed by atoms with Gasteiger partial charge in [-0.3, -0.25) is 0 Å². The van der Waals surface area contributed by atoms with E-state index in [-0.39, 0.29) is 4.99 Å². The Bertz CT molecular complexity index is 641. The quantitative estimate of drug-likeness (QED) is 0.808. The molecule has 0 saturated carbocycles. The molecule has 0 bridgehead atoms. The fraction of sp³-hybridized carbons (Fsp3) is 0.0714. The zero-order valence-electron chi connectivity index (χ0n) is 10.2. The lowest BCUT2D eigenvalue weighted by molar-refractivity contribution is 1.45. The van der Waals surface area contributed by atoms with Gasteiger partial charge in [0.05, 0.1) is 16.3 Å². The van der Waals surface area contributed by atoms with Crippen molar-refractivity contribution in [3.8, 4) is 0 Å². The van der Waals surface area contributed by atoms with Gasteiger partial charge in [-0.15, -0.1) is 0 Å². The van der Waals surface area contributed by atoms with Crippen LogP contribution in [0.2, 0.25) is 10.0 Å². The molecule has 0 unspecified atom stereocenters. The van der Waals surface area contributed by atoms with Crippen molar-refractivity contribution in [3.63, 3.8) is 0 Å². The van der Waals surface area contributed by atoms with Crippen LogP contribution in [0.3, 0.4) is 0 Å². The maximum Gasteiger partial charge on any atom is 0.107 e. The average molecular weight is 311 g/mol. The number of anilines is 2. The molecule has 0 aliphatic heterocycles. The van der Waals surface area contributed by atoms with Crippen molar-refractivity contribution in [1.82, 2.24) is 0 Å². The smallest absolute Gasteiger partial charge is 0.107 e. The largest absolute Gasteiger partial charge is 0.389 e. The molecule has 3 N–H and O–H groups in total. The van der Waals surface area contributed by atoms with Crippen molar-refractivity contribution in [2.45, 2.75) is 6.92 Å². The van der Waals surface area contributed by atoms with Gasteiger partial charge in [0.15, 0.2) is 0 Å². The maximum atomic E-state index is 6.11. The molecule has 0 radical (unpaired) electrons. The molecule has 2 aromatic carbocycles. The van der Waals surface area contributed by atoms with E-state index < -0.39 is 0 Å². The number of rotatable bonds is 3. The van der Waals surface area contributed by atoms with Crippen LogP contribution >= 0.6 is 35.4 Å². The van der Waals surface area contributed by atoms with Gasteiger partial charge in [-0.1, -0.05) is 47.6 Å². The summed E-state index contributed by atoms with van der Waals surface area (Å²) < 4.78 is 0. The third-order valence-electron chi connectivity index (χ3n) is 2.71. The Morgan fingerprint density at radius 3 is 2.53 bits per heavy atom. The molecule has 0 aromatic heterocycles. The summed E-state index contributed by atoms with van der Waals surface area (Å²) in [5, 5.41) is 4.45. The topological polar surface area (TPSA) is 38.0 Å². The fourth-order valence-corrected chi connectivity index (χ4v) is 2.44. The first-order chi connectivity index (χ1) is 8.99. The van der Waals surface area contributed by atoms with Gasteiger partial charge in [-0.2, -0.15) is 0 Å². The van der Waals surface area contributed by atoms with E-state index in [4.69, 9.17) is 41.2 Å². The van der Waals surface area contributed by atoms with Gasteiger partial charge < -0.3 is 11.1 Å². The van der Waals surface area contributed by atoms with Gasteiger partial charge in [0.1, 0.15) is 4.99 Å². The second-order valence-electron chi connectivity index (χ2n) is 4.12. The number of benzene rings is 2. The van der Waals surface area contributed by atoms with E-state index in [0.717, 1.165) is 16.9 Å².